The van der Waals surface area contributed by atoms with Crippen molar-refractivity contribution in [3.05, 3.63) is 23.7 Å². The van der Waals surface area contributed by atoms with Gasteiger partial charge in [0.2, 0.25) is 0 Å². The van der Waals surface area contributed by atoms with Crippen molar-refractivity contribution in [3.63, 3.8) is 0 Å². The predicted molar refractivity (Wildman–Crippen MR) is 64.8 cm³/mol. The molecule has 0 aliphatic carbocycles. The van der Waals surface area contributed by atoms with Crippen molar-refractivity contribution in [2.24, 2.45) is 0 Å². The second kappa shape index (κ2) is 6.24. The molecule has 1 unspecified atom stereocenters. The highest BCUT2D eigenvalue weighted by atomic mass is 32.1. The lowest BCUT2D eigenvalue weighted by molar-refractivity contribution is 0.0928. The number of carbonyl (C=O) groups excluding carboxylic acids is 1. The number of aliphatic hydroxyl groups is 1. The highest BCUT2D eigenvalue weighted by molar-refractivity contribution is 7.17. The zero-order chi connectivity index (χ0) is 12.0. The molecule has 0 bridgehead atoms. The number of hydrogen-bond donors (Lipinski definition) is 3. The Hall–Kier alpha value is -1.40. The molecule has 88 valence electrons. The molecule has 1 heterocycles. The minimum atomic E-state index is -0.546. The molecule has 6 heteroatoms. The van der Waals surface area contributed by atoms with Crippen LogP contribution in [0.4, 0.5) is 5.13 Å². The third kappa shape index (κ3) is 4.00. The number of thiazole rings is 1. The van der Waals surface area contributed by atoms with E-state index < -0.39 is 6.10 Å². The molecule has 3 N–H and O–H groups in total. The molecular weight excluding hydrogens is 226 g/mol. The van der Waals surface area contributed by atoms with Crippen molar-refractivity contribution in [2.45, 2.75) is 13.0 Å². The first kappa shape index (κ1) is 12.7. The van der Waals surface area contributed by atoms with Crippen molar-refractivity contribution < 1.29 is 9.90 Å². The Bertz CT molecular complexity index is 363. The number of rotatable bonds is 6. The Morgan fingerprint density at radius 2 is 2.56 bits per heavy atom. The van der Waals surface area contributed by atoms with Crippen LogP contribution in [0.15, 0.2) is 18.9 Å². The van der Waals surface area contributed by atoms with E-state index in [1.165, 1.54) is 17.5 Å². The maximum absolute atomic E-state index is 11.5. The molecule has 1 amide bonds. The molecule has 0 aliphatic rings. The molecular formula is C10H15N3O2S. The molecule has 1 aromatic rings. The summed E-state index contributed by atoms with van der Waals surface area (Å²) in [6.45, 7) is 6.04. The SMILES string of the molecule is C=CCNc1ncc(C(=O)NCC(C)O)s1. The molecule has 1 rings (SSSR count). The van der Waals surface area contributed by atoms with Crippen LogP contribution in [-0.4, -0.2) is 35.2 Å². The van der Waals surface area contributed by atoms with E-state index in [0.717, 1.165) is 0 Å². The van der Waals surface area contributed by atoms with Crippen LogP contribution in [0.25, 0.3) is 0 Å². The lowest BCUT2D eigenvalue weighted by atomic mass is 10.4. The first-order chi connectivity index (χ1) is 7.63. The van der Waals surface area contributed by atoms with E-state index in [9.17, 15) is 4.79 Å². The maximum atomic E-state index is 11.5. The molecule has 16 heavy (non-hydrogen) atoms. The summed E-state index contributed by atoms with van der Waals surface area (Å²) in [6.07, 6.45) is 2.68. The fourth-order valence-electron chi connectivity index (χ4n) is 0.948. The van der Waals surface area contributed by atoms with Crippen LogP contribution < -0.4 is 10.6 Å². The Morgan fingerprint density at radius 1 is 1.81 bits per heavy atom. The van der Waals surface area contributed by atoms with Crippen LogP contribution in [0.5, 0.6) is 0 Å². The van der Waals surface area contributed by atoms with Gasteiger partial charge in [-0.05, 0) is 6.92 Å². The average molecular weight is 241 g/mol. The lowest BCUT2D eigenvalue weighted by Crippen LogP contribution is -2.29. The molecule has 1 atom stereocenters. The largest absolute Gasteiger partial charge is 0.392 e. The average Bonchev–Trinajstić information content (AvgIpc) is 2.71. The summed E-state index contributed by atoms with van der Waals surface area (Å²) in [5.74, 6) is -0.218. The smallest absolute Gasteiger partial charge is 0.263 e. The van der Waals surface area contributed by atoms with Gasteiger partial charge >= 0.3 is 0 Å². The van der Waals surface area contributed by atoms with E-state index in [1.54, 1.807) is 13.0 Å². The number of anilines is 1. The Labute approximate surface area is 98.2 Å². The lowest BCUT2D eigenvalue weighted by Gasteiger charge is -2.04. The van der Waals surface area contributed by atoms with Gasteiger partial charge < -0.3 is 15.7 Å². The van der Waals surface area contributed by atoms with Gasteiger partial charge in [0.25, 0.3) is 5.91 Å². The molecule has 0 saturated heterocycles. The number of nitrogens with one attached hydrogen (secondary N) is 2. The third-order valence-corrected chi connectivity index (χ3v) is 2.64. The number of aromatic nitrogens is 1. The number of nitrogens with zero attached hydrogens (tertiary/aromatic N) is 1. The van der Waals surface area contributed by atoms with Gasteiger partial charge in [-0.3, -0.25) is 4.79 Å². The van der Waals surface area contributed by atoms with Crippen LogP contribution in [0.1, 0.15) is 16.6 Å². The maximum Gasteiger partial charge on any atom is 0.263 e. The van der Waals surface area contributed by atoms with Gasteiger partial charge in [0.05, 0.1) is 12.3 Å². The van der Waals surface area contributed by atoms with Gasteiger partial charge in [-0.25, -0.2) is 4.98 Å². The van der Waals surface area contributed by atoms with Gasteiger partial charge in [-0.1, -0.05) is 17.4 Å². The number of amides is 1. The predicted octanol–water partition coefficient (Wildman–Crippen LogP) is 0.852. The summed E-state index contributed by atoms with van der Waals surface area (Å²) < 4.78 is 0. The van der Waals surface area contributed by atoms with Gasteiger partial charge in [0, 0.05) is 13.1 Å². The quantitative estimate of drug-likeness (QED) is 0.646. The second-order valence-corrected chi connectivity index (χ2v) is 4.29. The molecule has 5 nitrogen and oxygen atoms in total. The zero-order valence-electron chi connectivity index (χ0n) is 9.06. The van der Waals surface area contributed by atoms with E-state index in [4.69, 9.17) is 5.11 Å². The van der Waals surface area contributed by atoms with E-state index in [0.29, 0.717) is 16.6 Å². The van der Waals surface area contributed by atoms with Gasteiger partial charge in [-0.2, -0.15) is 0 Å². The molecule has 1 aromatic heterocycles. The molecule has 0 saturated carbocycles. The van der Waals surface area contributed by atoms with Gasteiger partial charge in [0.1, 0.15) is 4.88 Å². The fraction of sp³-hybridized carbons (Fsp3) is 0.400. The minimum absolute atomic E-state index is 0.218. The standard InChI is InChI=1S/C10H15N3O2S/c1-3-4-11-10-13-6-8(16-10)9(15)12-5-7(2)14/h3,6-7,14H,1,4-5H2,2H3,(H,11,13)(H,12,15). The van der Waals surface area contributed by atoms with E-state index >= 15 is 0 Å². The molecule has 0 spiro atoms. The Morgan fingerprint density at radius 3 is 3.19 bits per heavy atom. The van der Waals surface area contributed by atoms with Crippen LogP contribution in [0.2, 0.25) is 0 Å². The topological polar surface area (TPSA) is 74.2 Å². The highest BCUT2D eigenvalue weighted by Gasteiger charge is 2.10. The number of aliphatic hydroxyl groups excluding tert-OH is 1. The first-order valence-electron chi connectivity index (χ1n) is 4.90. The summed E-state index contributed by atoms with van der Waals surface area (Å²) in [6, 6.07) is 0. The fourth-order valence-corrected chi connectivity index (χ4v) is 1.69. The summed E-state index contributed by atoms with van der Waals surface area (Å²) in [7, 11) is 0. The zero-order valence-corrected chi connectivity index (χ0v) is 9.88. The van der Waals surface area contributed by atoms with Crippen LogP contribution in [-0.2, 0) is 0 Å². The summed E-state index contributed by atoms with van der Waals surface area (Å²) in [5.41, 5.74) is 0. The van der Waals surface area contributed by atoms with Crippen molar-refractivity contribution in [2.75, 3.05) is 18.4 Å². The van der Waals surface area contributed by atoms with Gasteiger partial charge in [-0.15, -0.1) is 6.58 Å². The van der Waals surface area contributed by atoms with Crippen LogP contribution >= 0.6 is 11.3 Å². The van der Waals surface area contributed by atoms with Gasteiger partial charge in [0.15, 0.2) is 5.13 Å². The van der Waals surface area contributed by atoms with Crippen molar-refractivity contribution >= 4 is 22.4 Å². The van der Waals surface area contributed by atoms with Crippen molar-refractivity contribution in [1.82, 2.24) is 10.3 Å². The Kier molecular flexibility index (Phi) is 4.94. The van der Waals surface area contributed by atoms with Crippen molar-refractivity contribution in [1.29, 1.82) is 0 Å². The first-order valence-corrected chi connectivity index (χ1v) is 5.72. The summed E-state index contributed by atoms with van der Waals surface area (Å²) >= 11 is 1.27. The number of hydrogen-bond acceptors (Lipinski definition) is 5. The van der Waals surface area contributed by atoms with E-state index in [1.807, 2.05) is 0 Å². The second-order valence-electron chi connectivity index (χ2n) is 3.26. The molecule has 0 fully saturated rings. The summed E-state index contributed by atoms with van der Waals surface area (Å²) in [4.78, 5) is 16.1. The van der Waals surface area contributed by atoms with E-state index in [2.05, 4.69) is 22.2 Å². The monoisotopic (exact) mass is 241 g/mol. The van der Waals surface area contributed by atoms with E-state index in [-0.39, 0.29) is 12.5 Å². The molecule has 0 radical (unpaired) electrons. The summed E-state index contributed by atoms with van der Waals surface area (Å²) in [5, 5.41) is 15.3. The normalized spacial score (nSPS) is 11.9. The molecule has 0 aromatic carbocycles. The minimum Gasteiger partial charge on any atom is -0.392 e. The number of carbonyl (C=O) groups is 1. The van der Waals surface area contributed by atoms with Crippen LogP contribution in [0, 0.1) is 0 Å². The Balaban J connectivity index is 2.49. The highest BCUT2D eigenvalue weighted by Crippen LogP contribution is 2.17. The molecule has 0 aliphatic heterocycles. The van der Waals surface area contributed by atoms with Crippen molar-refractivity contribution in [3.8, 4) is 0 Å². The van der Waals surface area contributed by atoms with Crippen LogP contribution in [0.3, 0.4) is 0 Å². The third-order valence-electron chi connectivity index (χ3n) is 1.69.